The average Bonchev–Trinajstić information content (AvgIpc) is 3.27. The lowest BCUT2D eigenvalue weighted by Gasteiger charge is -2.27. The Morgan fingerprint density at radius 2 is 0.609 bits per heavy atom. The Hall–Kier alpha value is -1.83. The molecular weight excluding hydrogens is 797 g/mol. The molecule has 0 radical (unpaired) electrons. The van der Waals surface area contributed by atoms with Crippen molar-refractivity contribution in [3.8, 4) is 0 Å². The van der Waals surface area contributed by atoms with Crippen molar-refractivity contribution in [2.45, 2.75) is 310 Å². The van der Waals surface area contributed by atoms with Crippen molar-refractivity contribution in [3.05, 3.63) is 0 Å². The van der Waals surface area contributed by atoms with Crippen molar-refractivity contribution in [1.82, 2.24) is 9.80 Å². The van der Waals surface area contributed by atoms with Gasteiger partial charge in [0, 0.05) is 32.5 Å². The number of ether oxygens (including phenoxy) is 3. The molecule has 0 aromatic carbocycles. The van der Waals surface area contributed by atoms with Gasteiger partial charge in [0.15, 0.2) is 0 Å². The maximum absolute atomic E-state index is 13.6. The van der Waals surface area contributed by atoms with E-state index in [4.69, 9.17) is 14.2 Å². The fourth-order valence-corrected chi connectivity index (χ4v) is 8.73. The summed E-state index contributed by atoms with van der Waals surface area (Å²) in [5, 5.41) is 0. The van der Waals surface area contributed by atoms with Crippen LogP contribution in [0.5, 0.6) is 0 Å². The van der Waals surface area contributed by atoms with Crippen molar-refractivity contribution in [1.29, 1.82) is 0 Å². The topological polar surface area (TPSA) is 85.4 Å². The average molecular weight is 908 g/mol. The fraction of sp³-hybridized carbons (Fsp3) is 0.946. The van der Waals surface area contributed by atoms with E-state index < -0.39 is 0 Å². The molecule has 0 spiro atoms. The molecule has 0 rings (SSSR count). The molecule has 0 aliphatic carbocycles. The number of unbranched alkanes of at least 4 members (excludes halogenated alkanes) is 25. The highest BCUT2D eigenvalue weighted by atomic mass is 16.6. The third-order valence-electron chi connectivity index (χ3n) is 13.1. The summed E-state index contributed by atoms with van der Waals surface area (Å²) in [6.45, 7) is 13.5. The summed E-state index contributed by atoms with van der Waals surface area (Å²) in [4.78, 5) is 43.2. The molecular formula is C56H110N2O6. The van der Waals surface area contributed by atoms with E-state index in [1.165, 1.54) is 89.9 Å². The molecule has 0 aromatic rings. The van der Waals surface area contributed by atoms with Crippen LogP contribution in [0.25, 0.3) is 0 Å². The third kappa shape index (κ3) is 41.6. The van der Waals surface area contributed by atoms with E-state index >= 15 is 0 Å². The Bertz CT molecular complexity index is 941. The summed E-state index contributed by atoms with van der Waals surface area (Å²) in [7, 11) is 4.12. The molecule has 0 fully saturated rings. The number of esters is 2. The van der Waals surface area contributed by atoms with E-state index in [0.717, 1.165) is 167 Å². The summed E-state index contributed by atoms with van der Waals surface area (Å²) in [5.41, 5.74) is 0. The Balaban J connectivity index is 4.89. The summed E-state index contributed by atoms with van der Waals surface area (Å²) in [6, 6.07) is 0. The van der Waals surface area contributed by atoms with Crippen molar-refractivity contribution >= 4 is 18.0 Å². The van der Waals surface area contributed by atoms with Crippen molar-refractivity contribution in [3.63, 3.8) is 0 Å². The first kappa shape index (κ1) is 62.2. The van der Waals surface area contributed by atoms with Gasteiger partial charge < -0.3 is 24.0 Å². The van der Waals surface area contributed by atoms with Gasteiger partial charge >= 0.3 is 18.0 Å². The van der Waals surface area contributed by atoms with Crippen LogP contribution in [0, 0.1) is 0 Å². The van der Waals surface area contributed by atoms with Crippen LogP contribution in [0.3, 0.4) is 0 Å². The van der Waals surface area contributed by atoms with Crippen LogP contribution in [0.2, 0.25) is 0 Å². The first-order valence-corrected chi connectivity index (χ1v) is 28.2. The maximum atomic E-state index is 13.6. The predicted molar refractivity (Wildman–Crippen MR) is 273 cm³/mol. The van der Waals surface area contributed by atoms with Crippen LogP contribution in [-0.2, 0) is 23.8 Å². The lowest BCUT2D eigenvalue weighted by molar-refractivity contribution is -0.151. The van der Waals surface area contributed by atoms with Crippen LogP contribution in [0.1, 0.15) is 291 Å². The predicted octanol–water partition coefficient (Wildman–Crippen LogP) is 16.9. The van der Waals surface area contributed by atoms with E-state index in [-0.39, 0.29) is 36.3 Å². The Morgan fingerprint density at radius 1 is 0.328 bits per heavy atom. The van der Waals surface area contributed by atoms with E-state index in [1.807, 2.05) is 4.90 Å². The SMILES string of the molecule is CCCCCCC(CCCCCC)OC(=O)CCCCCCCCC(CCCCCCCCC(=O)OC(CCCCCC)CCCCCC)OC(=O)N(CCCCCC)CCN(C)C. The van der Waals surface area contributed by atoms with Gasteiger partial charge in [0.2, 0.25) is 0 Å². The molecule has 0 bridgehead atoms. The second kappa shape index (κ2) is 47.7. The molecule has 0 N–H and O–H groups in total. The van der Waals surface area contributed by atoms with E-state index in [0.29, 0.717) is 19.4 Å². The third-order valence-corrected chi connectivity index (χ3v) is 13.1. The zero-order valence-electron chi connectivity index (χ0n) is 44.0. The number of carbonyl (C=O) groups is 3. The molecule has 0 atom stereocenters. The monoisotopic (exact) mass is 907 g/mol. The summed E-state index contributed by atoms with van der Waals surface area (Å²) < 4.78 is 18.3. The van der Waals surface area contributed by atoms with Crippen molar-refractivity contribution in [2.24, 2.45) is 0 Å². The molecule has 0 saturated carbocycles. The standard InChI is InChI=1S/C56H110N2O6/c1-8-13-18-31-40-51(41-32-19-14-9-2)62-54(59)46-37-29-25-23-27-35-44-53(64-56(61)58(50-49-57(6)7)48-39-22-17-12-5)45-36-28-24-26-30-38-47-55(60)63-52(42-33-20-15-10-3)43-34-21-16-11-4/h51-53H,8-50H2,1-7H3. The van der Waals surface area contributed by atoms with Crippen LogP contribution in [-0.4, -0.2) is 79.9 Å². The van der Waals surface area contributed by atoms with E-state index in [1.54, 1.807) is 0 Å². The normalized spacial score (nSPS) is 11.7. The molecule has 380 valence electrons. The van der Waals surface area contributed by atoms with Gasteiger partial charge in [-0.15, -0.1) is 0 Å². The van der Waals surface area contributed by atoms with Gasteiger partial charge in [-0.3, -0.25) is 9.59 Å². The lowest BCUT2D eigenvalue weighted by Crippen LogP contribution is -2.39. The van der Waals surface area contributed by atoms with Gasteiger partial charge in [-0.25, -0.2) is 4.79 Å². The smallest absolute Gasteiger partial charge is 0.410 e. The highest BCUT2D eigenvalue weighted by molar-refractivity contribution is 5.70. The molecule has 0 saturated heterocycles. The maximum Gasteiger partial charge on any atom is 0.410 e. The zero-order chi connectivity index (χ0) is 47.1. The number of rotatable bonds is 49. The Kier molecular flexibility index (Phi) is 46.3. The molecule has 0 aliphatic heterocycles. The number of hydrogen-bond donors (Lipinski definition) is 0. The van der Waals surface area contributed by atoms with Crippen LogP contribution < -0.4 is 0 Å². The van der Waals surface area contributed by atoms with Gasteiger partial charge in [0.25, 0.3) is 0 Å². The molecule has 1 amide bonds. The van der Waals surface area contributed by atoms with Gasteiger partial charge in [-0.1, -0.05) is 182 Å². The minimum atomic E-state index is -0.143. The molecule has 0 unspecified atom stereocenters. The van der Waals surface area contributed by atoms with Crippen molar-refractivity contribution in [2.75, 3.05) is 33.7 Å². The largest absolute Gasteiger partial charge is 0.462 e. The lowest BCUT2D eigenvalue weighted by atomic mass is 10.0. The fourth-order valence-electron chi connectivity index (χ4n) is 8.73. The van der Waals surface area contributed by atoms with E-state index in [9.17, 15) is 14.4 Å². The number of amides is 1. The summed E-state index contributed by atoms with van der Waals surface area (Å²) in [6.07, 6.45) is 43.9. The number of hydrogen-bond acceptors (Lipinski definition) is 7. The Labute approximate surface area is 398 Å². The van der Waals surface area contributed by atoms with Gasteiger partial charge in [0.05, 0.1) is 0 Å². The highest BCUT2D eigenvalue weighted by Gasteiger charge is 2.21. The molecule has 0 heterocycles. The van der Waals surface area contributed by atoms with Crippen LogP contribution in [0.15, 0.2) is 0 Å². The minimum Gasteiger partial charge on any atom is -0.462 e. The van der Waals surface area contributed by atoms with Gasteiger partial charge in [0.1, 0.15) is 18.3 Å². The highest BCUT2D eigenvalue weighted by Crippen LogP contribution is 2.21. The number of likely N-dealkylation sites (N-methyl/N-ethyl adjacent to an activating group) is 1. The second-order valence-electron chi connectivity index (χ2n) is 19.8. The summed E-state index contributed by atoms with van der Waals surface area (Å²) >= 11 is 0. The zero-order valence-corrected chi connectivity index (χ0v) is 44.0. The van der Waals surface area contributed by atoms with E-state index in [2.05, 4.69) is 53.6 Å². The molecule has 8 heteroatoms. The van der Waals surface area contributed by atoms with Crippen LogP contribution in [0.4, 0.5) is 4.79 Å². The van der Waals surface area contributed by atoms with Gasteiger partial charge in [-0.2, -0.15) is 0 Å². The first-order valence-electron chi connectivity index (χ1n) is 28.2. The number of nitrogens with zero attached hydrogens (tertiary/aromatic N) is 2. The van der Waals surface area contributed by atoms with Crippen LogP contribution >= 0.6 is 0 Å². The molecule has 8 nitrogen and oxygen atoms in total. The minimum absolute atomic E-state index is 0.00405. The molecule has 0 aromatic heterocycles. The van der Waals surface area contributed by atoms with Crippen molar-refractivity contribution < 1.29 is 28.6 Å². The molecule has 64 heavy (non-hydrogen) atoms. The summed E-state index contributed by atoms with van der Waals surface area (Å²) in [5.74, 6) is -0.00810. The van der Waals surface area contributed by atoms with Gasteiger partial charge in [-0.05, 0) is 110 Å². The quantitative estimate of drug-likeness (QED) is 0.0341. The second-order valence-corrected chi connectivity index (χ2v) is 19.8. The Morgan fingerprint density at radius 3 is 0.938 bits per heavy atom. The molecule has 0 aliphatic rings. The number of carbonyl (C=O) groups excluding carboxylic acids is 3. The first-order chi connectivity index (χ1) is 31.2.